The van der Waals surface area contributed by atoms with Crippen molar-refractivity contribution in [2.24, 2.45) is 11.8 Å². The standard InChI is InChI=1S/C21H33N5O2/c1-16-4-10-24(11-5-16)20(27)17-6-12-25(13-7-17)21(28)19-8-14-26(23-19)18-3-2-9-22-15-18/h8,14,16-18,22H,2-7,9-13,15H2,1H3. The first-order valence-corrected chi connectivity index (χ1v) is 11.0. The second-order valence-electron chi connectivity index (χ2n) is 8.76. The van der Waals surface area contributed by atoms with E-state index in [1.165, 1.54) is 0 Å². The molecule has 28 heavy (non-hydrogen) atoms. The van der Waals surface area contributed by atoms with Crippen molar-refractivity contribution < 1.29 is 9.59 Å². The Morgan fingerprint density at radius 3 is 2.43 bits per heavy atom. The number of carbonyl (C=O) groups excluding carboxylic acids is 2. The van der Waals surface area contributed by atoms with Gasteiger partial charge in [0.15, 0.2) is 0 Å². The van der Waals surface area contributed by atoms with Gasteiger partial charge < -0.3 is 15.1 Å². The molecule has 1 unspecified atom stereocenters. The number of likely N-dealkylation sites (tertiary alicyclic amines) is 2. The molecule has 0 aliphatic carbocycles. The van der Waals surface area contributed by atoms with Crippen LogP contribution in [0.2, 0.25) is 0 Å². The van der Waals surface area contributed by atoms with Crippen molar-refractivity contribution in [3.8, 4) is 0 Å². The molecule has 1 aromatic heterocycles. The van der Waals surface area contributed by atoms with Gasteiger partial charge in [-0.2, -0.15) is 5.10 Å². The van der Waals surface area contributed by atoms with Crippen molar-refractivity contribution in [1.82, 2.24) is 24.9 Å². The van der Waals surface area contributed by atoms with Crippen molar-refractivity contribution in [2.45, 2.75) is 51.5 Å². The largest absolute Gasteiger partial charge is 0.342 e. The van der Waals surface area contributed by atoms with Gasteiger partial charge in [-0.15, -0.1) is 0 Å². The Hall–Kier alpha value is -1.89. The van der Waals surface area contributed by atoms with Gasteiger partial charge in [-0.1, -0.05) is 6.92 Å². The first-order valence-electron chi connectivity index (χ1n) is 11.0. The number of carbonyl (C=O) groups is 2. The fraction of sp³-hybridized carbons (Fsp3) is 0.762. The number of piperidine rings is 3. The summed E-state index contributed by atoms with van der Waals surface area (Å²) in [6.07, 6.45) is 7.94. The third kappa shape index (κ3) is 4.24. The number of aromatic nitrogens is 2. The molecule has 0 spiro atoms. The number of hydrogen-bond acceptors (Lipinski definition) is 4. The molecule has 4 rings (SSSR count). The zero-order valence-corrected chi connectivity index (χ0v) is 17.0. The summed E-state index contributed by atoms with van der Waals surface area (Å²) in [7, 11) is 0. The molecule has 1 atom stereocenters. The molecular formula is C21H33N5O2. The molecule has 2 amide bonds. The highest BCUT2D eigenvalue weighted by Gasteiger charge is 2.32. The summed E-state index contributed by atoms with van der Waals surface area (Å²) in [4.78, 5) is 29.5. The third-order valence-electron chi connectivity index (χ3n) is 6.70. The van der Waals surface area contributed by atoms with Crippen LogP contribution in [0.4, 0.5) is 0 Å². The summed E-state index contributed by atoms with van der Waals surface area (Å²) in [5, 5.41) is 7.94. The van der Waals surface area contributed by atoms with Crippen molar-refractivity contribution in [3.05, 3.63) is 18.0 Å². The van der Waals surface area contributed by atoms with E-state index < -0.39 is 0 Å². The van der Waals surface area contributed by atoms with Crippen LogP contribution < -0.4 is 5.32 Å². The minimum absolute atomic E-state index is 0.000199. The molecule has 0 bridgehead atoms. The van der Waals surface area contributed by atoms with Crippen molar-refractivity contribution in [2.75, 3.05) is 39.3 Å². The maximum Gasteiger partial charge on any atom is 0.274 e. The van der Waals surface area contributed by atoms with Crippen LogP contribution in [0, 0.1) is 11.8 Å². The van der Waals surface area contributed by atoms with Crippen LogP contribution in [0.5, 0.6) is 0 Å². The Kier molecular flexibility index (Phi) is 5.99. The molecule has 1 aromatic rings. The van der Waals surface area contributed by atoms with Crippen molar-refractivity contribution in [1.29, 1.82) is 0 Å². The molecule has 4 heterocycles. The summed E-state index contributed by atoms with van der Waals surface area (Å²) >= 11 is 0. The molecule has 7 nitrogen and oxygen atoms in total. The Morgan fingerprint density at radius 1 is 1.04 bits per heavy atom. The molecule has 3 aliphatic heterocycles. The summed E-state index contributed by atoms with van der Waals surface area (Å²) < 4.78 is 1.94. The second-order valence-corrected chi connectivity index (χ2v) is 8.76. The van der Waals surface area contributed by atoms with Gasteiger partial charge in [0.1, 0.15) is 5.69 Å². The summed E-state index contributed by atoms with van der Waals surface area (Å²) in [6, 6.07) is 2.18. The summed E-state index contributed by atoms with van der Waals surface area (Å²) in [5.74, 6) is 1.10. The summed E-state index contributed by atoms with van der Waals surface area (Å²) in [5.41, 5.74) is 0.528. The highest BCUT2D eigenvalue weighted by atomic mass is 16.2. The van der Waals surface area contributed by atoms with Gasteiger partial charge in [0.2, 0.25) is 5.91 Å². The maximum atomic E-state index is 12.8. The molecule has 3 saturated heterocycles. The quantitative estimate of drug-likeness (QED) is 0.860. The normalized spacial score (nSPS) is 25.1. The monoisotopic (exact) mass is 387 g/mol. The highest BCUT2D eigenvalue weighted by molar-refractivity contribution is 5.92. The van der Waals surface area contributed by atoms with E-state index in [1.54, 1.807) is 0 Å². The number of nitrogens with zero attached hydrogens (tertiary/aromatic N) is 4. The third-order valence-corrected chi connectivity index (χ3v) is 6.70. The van der Waals surface area contributed by atoms with Crippen LogP contribution in [0.15, 0.2) is 12.3 Å². The van der Waals surface area contributed by atoms with Gasteiger partial charge in [0, 0.05) is 44.8 Å². The molecule has 7 heteroatoms. The van der Waals surface area contributed by atoms with Crippen LogP contribution in [0.1, 0.15) is 62.0 Å². The lowest BCUT2D eigenvalue weighted by Gasteiger charge is -2.36. The fourth-order valence-corrected chi connectivity index (χ4v) is 4.69. The Bertz CT molecular complexity index is 681. The zero-order chi connectivity index (χ0) is 19.5. The molecule has 0 radical (unpaired) electrons. The number of amides is 2. The van der Waals surface area contributed by atoms with E-state index in [-0.39, 0.29) is 11.8 Å². The van der Waals surface area contributed by atoms with E-state index >= 15 is 0 Å². The van der Waals surface area contributed by atoms with Crippen molar-refractivity contribution >= 4 is 11.8 Å². The van der Waals surface area contributed by atoms with E-state index in [9.17, 15) is 9.59 Å². The average Bonchev–Trinajstić information content (AvgIpc) is 3.24. The second kappa shape index (κ2) is 8.64. The predicted molar refractivity (Wildman–Crippen MR) is 107 cm³/mol. The van der Waals surface area contributed by atoms with Gasteiger partial charge in [0.25, 0.3) is 5.91 Å². The lowest BCUT2D eigenvalue weighted by molar-refractivity contribution is -0.138. The van der Waals surface area contributed by atoms with Crippen LogP contribution in [0.3, 0.4) is 0 Å². The Morgan fingerprint density at radius 2 is 1.75 bits per heavy atom. The van der Waals surface area contributed by atoms with E-state index in [4.69, 9.17) is 0 Å². The van der Waals surface area contributed by atoms with E-state index in [2.05, 4.69) is 17.3 Å². The molecule has 3 aliphatic rings. The minimum Gasteiger partial charge on any atom is -0.342 e. The smallest absolute Gasteiger partial charge is 0.274 e. The first-order chi connectivity index (χ1) is 13.6. The molecule has 0 saturated carbocycles. The average molecular weight is 388 g/mol. The molecular weight excluding hydrogens is 354 g/mol. The van der Waals surface area contributed by atoms with Gasteiger partial charge in [-0.3, -0.25) is 14.3 Å². The van der Waals surface area contributed by atoms with Gasteiger partial charge in [0.05, 0.1) is 6.04 Å². The fourth-order valence-electron chi connectivity index (χ4n) is 4.69. The number of nitrogens with one attached hydrogen (secondary N) is 1. The number of rotatable bonds is 3. The SMILES string of the molecule is CC1CCN(C(=O)C2CCN(C(=O)c3ccn(C4CCCNC4)n3)CC2)CC1. The van der Waals surface area contributed by atoms with Crippen molar-refractivity contribution in [3.63, 3.8) is 0 Å². The summed E-state index contributed by atoms with van der Waals surface area (Å²) in [6.45, 7) is 7.33. The maximum absolute atomic E-state index is 12.8. The van der Waals surface area contributed by atoms with Crippen LogP contribution in [0.25, 0.3) is 0 Å². The van der Waals surface area contributed by atoms with E-state index in [0.717, 1.165) is 70.6 Å². The van der Waals surface area contributed by atoms with Crippen LogP contribution in [-0.4, -0.2) is 70.7 Å². The molecule has 0 aromatic carbocycles. The van der Waals surface area contributed by atoms with E-state index in [1.807, 2.05) is 26.7 Å². The highest BCUT2D eigenvalue weighted by Crippen LogP contribution is 2.24. The van der Waals surface area contributed by atoms with Gasteiger partial charge in [-0.05, 0) is 57.1 Å². The number of hydrogen-bond donors (Lipinski definition) is 1. The molecule has 154 valence electrons. The first kappa shape index (κ1) is 19.4. The van der Waals surface area contributed by atoms with Crippen LogP contribution in [-0.2, 0) is 4.79 Å². The van der Waals surface area contributed by atoms with Gasteiger partial charge in [-0.25, -0.2) is 0 Å². The van der Waals surface area contributed by atoms with Gasteiger partial charge >= 0.3 is 0 Å². The molecule has 3 fully saturated rings. The van der Waals surface area contributed by atoms with E-state index in [0.29, 0.717) is 30.7 Å². The minimum atomic E-state index is 0.000199. The Balaban J connectivity index is 1.29. The lowest BCUT2D eigenvalue weighted by atomic mass is 9.92. The Labute approximate surface area is 167 Å². The zero-order valence-electron chi connectivity index (χ0n) is 17.0. The van der Waals surface area contributed by atoms with Crippen LogP contribution >= 0.6 is 0 Å². The predicted octanol–water partition coefficient (Wildman–Crippen LogP) is 1.92. The lowest BCUT2D eigenvalue weighted by Crippen LogP contribution is -2.46. The molecule has 1 N–H and O–H groups in total. The topological polar surface area (TPSA) is 70.5 Å².